The normalized spacial score (nSPS) is 10.4. The lowest BCUT2D eigenvalue weighted by Crippen LogP contribution is -3.00. The fourth-order valence-electron chi connectivity index (χ4n) is 0.500. The number of hydrogen-bond acceptors (Lipinski definition) is 1. The van der Waals surface area contributed by atoms with Gasteiger partial charge >= 0.3 is 0 Å². The van der Waals surface area contributed by atoms with Gasteiger partial charge in [0.1, 0.15) is 20.6 Å². The molecule has 0 amide bonds. The van der Waals surface area contributed by atoms with Crippen LogP contribution in [0.15, 0.2) is 0 Å². The van der Waals surface area contributed by atoms with Crippen molar-refractivity contribution in [3.63, 3.8) is 0 Å². The molecule has 0 rings (SSSR count). The van der Waals surface area contributed by atoms with Crippen LogP contribution >= 0.6 is 0 Å². The van der Waals surface area contributed by atoms with Gasteiger partial charge in [-0.3, -0.25) is 0 Å². The smallest absolute Gasteiger partial charge is 0.171 e. The van der Waals surface area contributed by atoms with Gasteiger partial charge in [0.25, 0.3) is 0 Å². The lowest BCUT2D eigenvalue weighted by Gasteiger charge is -2.22. The molecule has 2 nitrogen and oxygen atoms in total. The number of hydrogen-bond donors (Lipinski definition) is 0. The third kappa shape index (κ3) is 18.1. The summed E-state index contributed by atoms with van der Waals surface area (Å²) in [5, 5.41) is 0. The van der Waals surface area contributed by atoms with Crippen LogP contribution in [0.5, 0.6) is 0 Å². The molecule has 71 valence electrons. The second-order valence-corrected chi connectivity index (χ2v) is 3.82. The van der Waals surface area contributed by atoms with Crippen LogP contribution in [0.25, 0.3) is 0 Å². The third-order valence-corrected chi connectivity index (χ3v) is 1.22. The van der Waals surface area contributed by atoms with Gasteiger partial charge in [0.05, 0.1) is 21.1 Å². The number of rotatable bonds is 3. The van der Waals surface area contributed by atoms with Gasteiger partial charge in [-0.1, -0.05) is 0 Å². The van der Waals surface area contributed by atoms with E-state index in [9.17, 15) is 0 Å². The Hall–Kier alpha value is 0.880. The molecule has 0 aliphatic heterocycles. The van der Waals surface area contributed by atoms with E-state index in [1.54, 1.807) is 0 Å². The Morgan fingerprint density at radius 2 is 1.36 bits per heavy atom. The summed E-state index contributed by atoms with van der Waals surface area (Å²) in [7, 11) is 10.8. The fourth-order valence-corrected chi connectivity index (χ4v) is 0.500. The molecule has 0 N–H and O–H groups in total. The maximum absolute atomic E-state index is 2.21. The topological polar surface area (TPSA) is 5.90 Å². The minimum atomic E-state index is 0. The Morgan fingerprint density at radius 1 is 1.00 bits per heavy atom. The third-order valence-electron chi connectivity index (χ3n) is 1.22. The SMILES string of the molecule is C[N+](C)CC[N+](C)(C)C.[Br-].[Br-]. The van der Waals surface area contributed by atoms with Crippen LogP contribution in [0.1, 0.15) is 0 Å². The molecule has 4 heteroatoms. The van der Waals surface area contributed by atoms with E-state index in [0.717, 1.165) is 4.48 Å². The first-order chi connectivity index (χ1) is 3.92. The summed E-state index contributed by atoms with van der Waals surface area (Å²) in [6.45, 7) is 2.39. The lowest BCUT2D eigenvalue weighted by molar-refractivity contribution is -0.869. The molecule has 0 bridgehead atoms. The van der Waals surface area contributed by atoms with Crippen LogP contribution in [0.3, 0.4) is 0 Å². The van der Waals surface area contributed by atoms with Gasteiger partial charge < -0.3 is 38.4 Å². The predicted octanol–water partition coefficient (Wildman–Crippen LogP) is -5.90. The average molecular weight is 291 g/mol. The van der Waals surface area contributed by atoms with E-state index in [2.05, 4.69) is 40.1 Å². The van der Waals surface area contributed by atoms with Crippen LogP contribution in [-0.2, 0) is 0 Å². The summed E-state index contributed by atoms with van der Waals surface area (Å²) in [6, 6.07) is 0. The van der Waals surface area contributed by atoms with Gasteiger partial charge in [-0.2, -0.15) is 4.90 Å². The maximum Gasteiger partial charge on any atom is 0.171 e. The predicted molar refractivity (Wildman–Crippen MR) is 41.7 cm³/mol. The molecule has 0 aromatic rings. The Balaban J connectivity index is -0.000000320. The molecule has 0 aliphatic carbocycles. The number of halogens is 2. The molecule has 0 heterocycles. The number of nitrogens with zero attached hydrogens (tertiary/aromatic N) is 2. The average Bonchev–Trinajstić information content (AvgIpc) is 1.59. The standard InChI is InChI=1S/C7H19N2.2BrH/c1-8(2)6-7-9(3,4)5;;/h6-7H2,1-5H3;2*1H/q+2;;/p-2. The zero-order chi connectivity index (χ0) is 7.49. The molecule has 0 aromatic heterocycles. The second kappa shape index (κ2) is 7.53. The zero-order valence-corrected chi connectivity index (χ0v) is 11.2. The number of quaternary nitrogens is 1. The van der Waals surface area contributed by atoms with Crippen molar-refractivity contribution in [1.29, 1.82) is 0 Å². The summed E-state index contributed by atoms with van der Waals surface area (Å²) in [6.07, 6.45) is 0. The van der Waals surface area contributed by atoms with Crippen LogP contribution in [0.2, 0.25) is 0 Å². The summed E-state index contributed by atoms with van der Waals surface area (Å²) in [5.41, 5.74) is 0. The first-order valence-corrected chi connectivity index (χ1v) is 3.37. The molecule has 11 heavy (non-hydrogen) atoms. The van der Waals surface area contributed by atoms with Crippen LogP contribution in [0, 0.1) is 0 Å². The van der Waals surface area contributed by atoms with Crippen molar-refractivity contribution in [3.05, 3.63) is 0 Å². The molecule has 0 aromatic carbocycles. The van der Waals surface area contributed by atoms with Crippen LogP contribution < -0.4 is 38.9 Å². The number of likely N-dealkylation sites (N-methyl/N-ethyl adjacent to an activating group) is 2. The molecule has 0 saturated carbocycles. The Kier molecular flexibility index (Phi) is 12.2. The fraction of sp³-hybridized carbons (Fsp3) is 1.00. The van der Waals surface area contributed by atoms with Crippen molar-refractivity contribution >= 4 is 0 Å². The first-order valence-electron chi connectivity index (χ1n) is 3.37. The second-order valence-electron chi connectivity index (χ2n) is 3.82. The van der Waals surface area contributed by atoms with Gasteiger partial charge in [0.2, 0.25) is 0 Å². The summed E-state index contributed by atoms with van der Waals surface area (Å²) in [5.74, 6) is 0. The van der Waals surface area contributed by atoms with E-state index in [0.29, 0.717) is 0 Å². The van der Waals surface area contributed by atoms with Gasteiger partial charge in [-0.15, -0.1) is 0 Å². The van der Waals surface area contributed by atoms with Gasteiger partial charge in [0, 0.05) is 0 Å². The Labute approximate surface area is 91.7 Å². The summed E-state index contributed by atoms with van der Waals surface area (Å²) < 4.78 is 1.05. The lowest BCUT2D eigenvalue weighted by atomic mass is 10.5. The van der Waals surface area contributed by atoms with Crippen molar-refractivity contribution in [2.75, 3.05) is 48.3 Å². The monoisotopic (exact) mass is 289 g/mol. The minimum absolute atomic E-state index is 0. The van der Waals surface area contributed by atoms with Crippen molar-refractivity contribution < 1.29 is 38.4 Å². The highest BCUT2D eigenvalue weighted by atomic mass is 79.9. The van der Waals surface area contributed by atoms with E-state index in [1.807, 2.05) is 0 Å². The van der Waals surface area contributed by atoms with Crippen molar-refractivity contribution in [1.82, 2.24) is 4.90 Å². The molecule has 0 unspecified atom stereocenters. The van der Waals surface area contributed by atoms with E-state index in [-0.39, 0.29) is 34.0 Å². The zero-order valence-electron chi connectivity index (χ0n) is 8.06. The maximum atomic E-state index is 2.21. The minimum Gasteiger partial charge on any atom is -1.00 e. The van der Waals surface area contributed by atoms with Crippen molar-refractivity contribution in [2.45, 2.75) is 0 Å². The highest BCUT2D eigenvalue weighted by Gasteiger charge is 2.10. The van der Waals surface area contributed by atoms with E-state index in [4.69, 9.17) is 0 Å². The molecule has 0 fully saturated rings. The van der Waals surface area contributed by atoms with E-state index < -0.39 is 0 Å². The van der Waals surface area contributed by atoms with E-state index >= 15 is 0 Å². The van der Waals surface area contributed by atoms with Crippen molar-refractivity contribution in [3.8, 4) is 0 Å². The quantitative estimate of drug-likeness (QED) is 0.361. The highest BCUT2D eigenvalue weighted by molar-refractivity contribution is 4.44. The largest absolute Gasteiger partial charge is 1.00 e. The van der Waals surface area contributed by atoms with Gasteiger partial charge in [-0.25, -0.2) is 0 Å². The molecule has 0 aliphatic rings. The van der Waals surface area contributed by atoms with Gasteiger partial charge in [-0.05, 0) is 0 Å². The van der Waals surface area contributed by atoms with E-state index in [1.165, 1.54) is 13.1 Å². The highest BCUT2D eigenvalue weighted by Crippen LogP contribution is 1.87. The molecule has 0 atom stereocenters. The van der Waals surface area contributed by atoms with Crippen molar-refractivity contribution in [2.24, 2.45) is 0 Å². The first kappa shape index (κ1) is 17.8. The molecule has 1 radical (unpaired) electrons. The Morgan fingerprint density at radius 3 is 1.45 bits per heavy atom. The summed E-state index contributed by atoms with van der Waals surface area (Å²) >= 11 is 0. The molecular formula is C7H19Br2N2. The molecule has 0 spiro atoms. The van der Waals surface area contributed by atoms with Gasteiger partial charge in [0.15, 0.2) is 6.54 Å². The van der Waals surface area contributed by atoms with Crippen LogP contribution in [-0.4, -0.2) is 52.8 Å². The Bertz CT molecular complexity index is 79.0. The molecule has 0 saturated heterocycles. The summed E-state index contributed by atoms with van der Waals surface area (Å²) in [4.78, 5) is 2.21. The molecular weight excluding hydrogens is 272 g/mol. The van der Waals surface area contributed by atoms with Crippen LogP contribution in [0.4, 0.5) is 0 Å².